The Morgan fingerprint density at radius 1 is 0.545 bits per heavy atom. The predicted octanol–water partition coefficient (Wildman–Crippen LogP) is 2.87. The second kappa shape index (κ2) is 18.8. The maximum atomic E-state index is 10.9. The largest absolute Gasteiger partial charge is 0.508 e. The number of aliphatic hydroxyl groups excluding tert-OH is 1. The van der Waals surface area contributed by atoms with Gasteiger partial charge in [0.05, 0.1) is 22.3 Å². The summed E-state index contributed by atoms with van der Waals surface area (Å²) in [6.45, 7) is -0.750. The van der Waals surface area contributed by atoms with E-state index >= 15 is 0 Å². The number of benzene rings is 2. The Bertz CT molecular complexity index is 869. The van der Waals surface area contributed by atoms with Crippen molar-refractivity contribution < 1.29 is 114 Å². The van der Waals surface area contributed by atoms with E-state index in [0.717, 1.165) is 0 Å². The van der Waals surface area contributed by atoms with Gasteiger partial charge in [0.2, 0.25) is 0 Å². The summed E-state index contributed by atoms with van der Waals surface area (Å²) in [5.74, 6) is -2.83. The number of fused-ring (bicyclic) bond motifs is 2. The van der Waals surface area contributed by atoms with Crippen molar-refractivity contribution in [2.45, 2.75) is 29.7 Å². The number of carbonyl (C=O) groups is 4. The van der Waals surface area contributed by atoms with E-state index in [1.54, 1.807) is 0 Å². The smallest absolute Gasteiger partial charge is 0.347 e. The summed E-state index contributed by atoms with van der Waals surface area (Å²) in [6, 6.07) is 7.80. The van der Waals surface area contributed by atoms with Gasteiger partial charge in [-0.1, -0.05) is 29.7 Å². The average molecular weight is 618 g/mol. The molecule has 12 heteroatoms. The van der Waals surface area contributed by atoms with Gasteiger partial charge in [-0.15, -0.1) is 0 Å². The van der Waals surface area contributed by atoms with E-state index in [1.807, 2.05) is 0 Å². The maximum absolute atomic E-state index is 10.9. The van der Waals surface area contributed by atoms with Crippen LogP contribution in [0.25, 0.3) is 0 Å². The van der Waals surface area contributed by atoms with Crippen LogP contribution in [0.15, 0.2) is 36.4 Å². The van der Waals surface area contributed by atoms with Gasteiger partial charge in [0.25, 0.3) is 0 Å². The zero-order chi connectivity index (χ0) is 20.1. The second-order valence-electron chi connectivity index (χ2n) is 4.96. The van der Waals surface area contributed by atoms with Crippen LogP contribution in [0.3, 0.4) is 0 Å². The summed E-state index contributed by atoms with van der Waals surface area (Å²) in [5, 5.41) is 32.2. The zero-order valence-electron chi connectivity index (χ0n) is 14.6. The van der Waals surface area contributed by atoms with Gasteiger partial charge in [-0.25, -0.2) is 19.2 Å². The molecule has 2 aromatic rings. The number of hydrogen-bond donors (Lipinski definition) is 4. The van der Waals surface area contributed by atoms with E-state index in [-0.39, 0.29) is 129 Å². The molecule has 4 N–H and O–H groups in total. The first-order chi connectivity index (χ1) is 12.8. The normalized spacial score (nSPS) is 11.0. The Hall–Kier alpha value is -1.55. The van der Waals surface area contributed by atoms with Crippen molar-refractivity contribution in [3.63, 3.8) is 0 Å². The molecule has 0 aromatic heterocycles. The summed E-state index contributed by atoms with van der Waals surface area (Å²) in [4.78, 5) is 43.5. The molecule has 0 unspecified atom stereocenters. The molecule has 2 aliphatic rings. The molecule has 2 radical (unpaired) electrons. The second-order valence-corrected chi connectivity index (χ2v) is 4.96. The van der Waals surface area contributed by atoms with Crippen molar-refractivity contribution >= 4 is 23.9 Å². The van der Waals surface area contributed by atoms with Crippen molar-refractivity contribution in [3.8, 4) is 11.5 Å². The Balaban J connectivity index is -0.000000122. The van der Waals surface area contributed by atoms with Crippen molar-refractivity contribution in [3.05, 3.63) is 58.7 Å². The van der Waals surface area contributed by atoms with Crippen LogP contribution in [0, 0.1) is 0 Å². The Labute approximate surface area is 243 Å². The first-order valence-corrected chi connectivity index (χ1v) is 7.19. The third-order valence-electron chi connectivity index (χ3n) is 3.26. The third kappa shape index (κ3) is 10.5. The van der Waals surface area contributed by atoms with Crippen LogP contribution in [-0.4, -0.2) is 51.1 Å². The summed E-state index contributed by atoms with van der Waals surface area (Å²) in [5.41, 5.74) is 0.663. The first-order valence-electron chi connectivity index (χ1n) is 7.19. The Morgan fingerprint density at radius 2 is 0.788 bits per heavy atom. The van der Waals surface area contributed by atoms with Crippen LogP contribution in [0.5, 0.6) is 11.5 Å². The summed E-state index contributed by atoms with van der Waals surface area (Å²) in [6.07, 6.45) is 0. The summed E-state index contributed by atoms with van der Waals surface area (Å²) in [7, 11) is 0. The van der Waals surface area contributed by atoms with Crippen LogP contribution < -0.4 is 0 Å². The Kier molecular flexibility index (Phi) is 23.8. The number of aliphatic hydroxyl groups is 2. The van der Waals surface area contributed by atoms with Crippen LogP contribution in [0.1, 0.15) is 71.1 Å². The SMILES string of the molecule is C.C.C.C.O=C1OC(=O)c2cc(O)ccc21.O=C1OC(=O)c2cc(O)ccc21.OCO.[Y].[Y]. The molecule has 0 fully saturated rings. The first kappa shape index (κ1) is 41.7. The van der Waals surface area contributed by atoms with Gasteiger partial charge >= 0.3 is 23.9 Å². The van der Waals surface area contributed by atoms with E-state index in [1.165, 1.54) is 36.4 Å². The molecule has 10 nitrogen and oxygen atoms in total. The minimum absolute atomic E-state index is 0. The van der Waals surface area contributed by atoms with Crippen LogP contribution in [0.4, 0.5) is 0 Å². The van der Waals surface area contributed by atoms with Crippen molar-refractivity contribution in [1.82, 2.24) is 0 Å². The van der Waals surface area contributed by atoms with Gasteiger partial charge in [-0.2, -0.15) is 0 Å². The van der Waals surface area contributed by atoms with Gasteiger partial charge in [0.15, 0.2) is 0 Å². The number of cyclic esters (lactones) is 4. The molecule has 33 heavy (non-hydrogen) atoms. The topological polar surface area (TPSA) is 168 Å². The number of esters is 4. The molecule has 0 saturated heterocycles. The summed E-state index contributed by atoms with van der Waals surface area (Å²) >= 11 is 0. The molecule has 0 atom stereocenters. The van der Waals surface area contributed by atoms with E-state index in [2.05, 4.69) is 9.47 Å². The number of aromatic hydroxyl groups is 2. The van der Waals surface area contributed by atoms with E-state index in [0.29, 0.717) is 0 Å². The Morgan fingerprint density at radius 3 is 1.06 bits per heavy atom. The number of rotatable bonds is 0. The van der Waals surface area contributed by atoms with Gasteiger partial charge < -0.3 is 29.9 Å². The number of carbonyl (C=O) groups excluding carboxylic acids is 4. The molecule has 0 spiro atoms. The summed E-state index contributed by atoms with van der Waals surface area (Å²) < 4.78 is 8.60. The molecule has 0 amide bonds. The van der Waals surface area contributed by atoms with E-state index in [4.69, 9.17) is 20.4 Å². The van der Waals surface area contributed by atoms with Crippen molar-refractivity contribution in [2.24, 2.45) is 0 Å². The molecule has 178 valence electrons. The fourth-order valence-electron chi connectivity index (χ4n) is 2.15. The average Bonchev–Trinajstić information content (AvgIpc) is 3.04. The molecule has 0 saturated carbocycles. The molecule has 2 aromatic carbocycles. The van der Waals surface area contributed by atoms with Crippen molar-refractivity contribution in [2.75, 3.05) is 6.79 Å². The molecule has 0 aliphatic carbocycles. The standard InChI is InChI=1S/2C8H4O4.CH4O2.4CH4.2Y/c2*9-4-1-2-5-6(3-4)8(11)12-7(5)10;2-1-3;;;;;;/h2*1-3,9H;2-3H,1H2;4*1H4;;. The number of phenols is 2. The van der Waals surface area contributed by atoms with Gasteiger partial charge in [-0.05, 0) is 36.4 Å². The predicted molar refractivity (Wildman–Crippen MR) is 112 cm³/mol. The maximum Gasteiger partial charge on any atom is 0.347 e. The fraction of sp³-hybridized carbons (Fsp3) is 0.238. The van der Waals surface area contributed by atoms with Crippen LogP contribution in [0.2, 0.25) is 0 Å². The molecule has 2 heterocycles. The number of phenolic OH excluding ortho intramolecular Hbond substituents is 2. The van der Waals surface area contributed by atoms with Crippen LogP contribution >= 0.6 is 0 Å². The zero-order valence-corrected chi connectivity index (χ0v) is 20.2. The number of hydrogen-bond acceptors (Lipinski definition) is 10. The van der Waals surface area contributed by atoms with Gasteiger partial charge in [0, 0.05) is 65.4 Å². The fourth-order valence-corrected chi connectivity index (χ4v) is 2.15. The quantitative estimate of drug-likeness (QED) is 0.196. The minimum Gasteiger partial charge on any atom is -0.508 e. The minimum atomic E-state index is -0.750. The molecular weight excluding hydrogens is 590 g/mol. The number of ether oxygens (including phenoxy) is 2. The van der Waals surface area contributed by atoms with Gasteiger partial charge in [-0.3, -0.25) is 0 Å². The monoisotopic (exact) mass is 618 g/mol. The van der Waals surface area contributed by atoms with Crippen molar-refractivity contribution in [1.29, 1.82) is 0 Å². The molecule has 4 rings (SSSR count). The van der Waals surface area contributed by atoms with E-state index in [9.17, 15) is 19.2 Å². The third-order valence-corrected chi connectivity index (χ3v) is 3.26. The molecule has 0 bridgehead atoms. The molecule has 2 aliphatic heterocycles. The van der Waals surface area contributed by atoms with Gasteiger partial charge in [0.1, 0.15) is 18.3 Å². The molecular formula is C21H28O10Y2. The van der Waals surface area contributed by atoms with Crippen LogP contribution in [-0.2, 0) is 74.9 Å². The van der Waals surface area contributed by atoms with E-state index < -0.39 is 30.7 Å².